The van der Waals surface area contributed by atoms with Crippen molar-refractivity contribution in [1.82, 2.24) is 0 Å². The van der Waals surface area contributed by atoms with E-state index in [1.165, 1.54) is 19.1 Å². The summed E-state index contributed by atoms with van der Waals surface area (Å²) in [6, 6.07) is 10.5. The normalized spacial score (nSPS) is 24.7. The van der Waals surface area contributed by atoms with Crippen LogP contribution < -0.4 is 0 Å². The standard InChI is InChI=1S/C18H18F2O/c1-11-9-10-18(21,14-6-4-3-5-13(11)14)15-8-7-12(2)16(19)17(15)20/h3-8,11,21H,9-10H2,1-2H3. The summed E-state index contributed by atoms with van der Waals surface area (Å²) < 4.78 is 28.2. The Morgan fingerprint density at radius 3 is 2.52 bits per heavy atom. The minimum Gasteiger partial charge on any atom is -0.380 e. The van der Waals surface area contributed by atoms with Gasteiger partial charge in [0.15, 0.2) is 11.6 Å². The third kappa shape index (κ3) is 2.07. The molecule has 21 heavy (non-hydrogen) atoms. The van der Waals surface area contributed by atoms with E-state index in [2.05, 4.69) is 6.92 Å². The van der Waals surface area contributed by atoms with Gasteiger partial charge in [-0.3, -0.25) is 0 Å². The molecule has 3 rings (SSSR count). The Hall–Kier alpha value is -1.74. The predicted molar refractivity (Wildman–Crippen MR) is 78.2 cm³/mol. The molecule has 0 aliphatic heterocycles. The summed E-state index contributed by atoms with van der Waals surface area (Å²) in [4.78, 5) is 0. The Labute approximate surface area is 123 Å². The van der Waals surface area contributed by atoms with Crippen LogP contribution in [0.15, 0.2) is 36.4 Å². The highest BCUT2D eigenvalue weighted by molar-refractivity contribution is 5.45. The van der Waals surface area contributed by atoms with Crippen molar-refractivity contribution in [3.63, 3.8) is 0 Å². The van der Waals surface area contributed by atoms with Crippen molar-refractivity contribution >= 4 is 0 Å². The molecule has 0 fully saturated rings. The molecule has 0 aromatic heterocycles. The van der Waals surface area contributed by atoms with E-state index in [-0.39, 0.29) is 11.1 Å². The smallest absolute Gasteiger partial charge is 0.165 e. The maximum atomic E-state index is 14.3. The zero-order valence-corrected chi connectivity index (χ0v) is 12.2. The number of rotatable bonds is 1. The first kappa shape index (κ1) is 14.2. The molecule has 1 N–H and O–H groups in total. The lowest BCUT2D eigenvalue weighted by atomic mass is 9.71. The first-order chi connectivity index (χ1) is 9.95. The van der Waals surface area contributed by atoms with Gasteiger partial charge in [0, 0.05) is 5.56 Å². The molecule has 1 aliphatic rings. The highest BCUT2D eigenvalue weighted by Gasteiger charge is 2.40. The van der Waals surface area contributed by atoms with Gasteiger partial charge < -0.3 is 5.11 Å². The van der Waals surface area contributed by atoms with Gasteiger partial charge in [0.25, 0.3) is 0 Å². The van der Waals surface area contributed by atoms with Crippen LogP contribution in [-0.2, 0) is 5.60 Å². The maximum absolute atomic E-state index is 14.3. The minimum atomic E-state index is -1.46. The minimum absolute atomic E-state index is 0.0324. The highest BCUT2D eigenvalue weighted by atomic mass is 19.2. The third-order valence-electron chi connectivity index (χ3n) is 4.60. The molecule has 0 bridgehead atoms. The van der Waals surface area contributed by atoms with Crippen molar-refractivity contribution in [3.8, 4) is 0 Å². The van der Waals surface area contributed by atoms with Crippen molar-refractivity contribution in [2.24, 2.45) is 0 Å². The second-order valence-corrected chi connectivity index (χ2v) is 5.95. The second-order valence-electron chi connectivity index (χ2n) is 5.95. The van der Waals surface area contributed by atoms with Crippen molar-refractivity contribution in [2.45, 2.75) is 38.2 Å². The van der Waals surface area contributed by atoms with E-state index in [0.29, 0.717) is 17.9 Å². The Morgan fingerprint density at radius 1 is 1.05 bits per heavy atom. The van der Waals surface area contributed by atoms with E-state index in [4.69, 9.17) is 0 Å². The van der Waals surface area contributed by atoms with Gasteiger partial charge in [-0.05, 0) is 42.4 Å². The first-order valence-corrected chi connectivity index (χ1v) is 7.22. The fraction of sp³-hybridized carbons (Fsp3) is 0.333. The summed E-state index contributed by atoms with van der Waals surface area (Å²) in [6.07, 6.45) is 1.13. The quantitative estimate of drug-likeness (QED) is 0.824. The van der Waals surface area contributed by atoms with Crippen LogP contribution >= 0.6 is 0 Å². The Morgan fingerprint density at radius 2 is 1.76 bits per heavy atom. The number of fused-ring (bicyclic) bond motifs is 1. The van der Waals surface area contributed by atoms with Gasteiger partial charge in [0.1, 0.15) is 5.60 Å². The molecule has 3 heteroatoms. The van der Waals surface area contributed by atoms with E-state index < -0.39 is 17.2 Å². The molecule has 2 aromatic carbocycles. The summed E-state index contributed by atoms with van der Waals surface area (Å²) >= 11 is 0. The monoisotopic (exact) mass is 288 g/mol. The number of halogens is 2. The molecule has 110 valence electrons. The van der Waals surface area contributed by atoms with Gasteiger partial charge in [-0.2, -0.15) is 0 Å². The van der Waals surface area contributed by atoms with Crippen LogP contribution in [0, 0.1) is 18.6 Å². The van der Waals surface area contributed by atoms with Gasteiger partial charge in [0.2, 0.25) is 0 Å². The van der Waals surface area contributed by atoms with Gasteiger partial charge in [0.05, 0.1) is 0 Å². The van der Waals surface area contributed by atoms with Crippen molar-refractivity contribution in [2.75, 3.05) is 0 Å². The van der Waals surface area contributed by atoms with E-state index >= 15 is 0 Å². The fourth-order valence-electron chi connectivity index (χ4n) is 3.26. The summed E-state index contributed by atoms with van der Waals surface area (Å²) in [5.41, 5.74) is 0.515. The number of aliphatic hydroxyl groups is 1. The van der Waals surface area contributed by atoms with Crippen LogP contribution in [0.3, 0.4) is 0 Å². The van der Waals surface area contributed by atoms with Gasteiger partial charge in [-0.15, -0.1) is 0 Å². The summed E-state index contributed by atoms with van der Waals surface area (Å²) in [7, 11) is 0. The van der Waals surface area contributed by atoms with Crippen molar-refractivity contribution < 1.29 is 13.9 Å². The summed E-state index contributed by atoms with van der Waals surface area (Å²) in [6.45, 7) is 3.60. The molecule has 2 aromatic rings. The van der Waals surface area contributed by atoms with Crippen LogP contribution in [-0.4, -0.2) is 5.11 Å². The molecule has 2 atom stereocenters. The molecular weight excluding hydrogens is 270 g/mol. The predicted octanol–water partition coefficient (Wildman–Crippen LogP) is 4.41. The zero-order chi connectivity index (χ0) is 15.2. The zero-order valence-electron chi connectivity index (χ0n) is 12.2. The van der Waals surface area contributed by atoms with E-state index in [1.807, 2.05) is 24.3 Å². The molecule has 2 unspecified atom stereocenters. The molecule has 0 heterocycles. The Bertz CT molecular complexity index is 696. The molecule has 1 nitrogen and oxygen atoms in total. The Kier molecular flexibility index (Phi) is 3.33. The van der Waals surface area contributed by atoms with Crippen LogP contribution in [0.25, 0.3) is 0 Å². The summed E-state index contributed by atoms with van der Waals surface area (Å²) in [5.74, 6) is -1.52. The van der Waals surface area contributed by atoms with E-state index in [0.717, 1.165) is 12.0 Å². The molecule has 0 saturated heterocycles. The molecule has 0 amide bonds. The van der Waals surface area contributed by atoms with Gasteiger partial charge >= 0.3 is 0 Å². The lowest BCUT2D eigenvalue weighted by molar-refractivity contribution is 0.0535. The third-order valence-corrected chi connectivity index (χ3v) is 4.60. The SMILES string of the molecule is Cc1ccc(C2(O)CCC(C)c3ccccc32)c(F)c1F. The lowest BCUT2D eigenvalue weighted by Gasteiger charge is -2.38. The van der Waals surface area contributed by atoms with Crippen LogP contribution in [0.4, 0.5) is 8.78 Å². The number of benzene rings is 2. The highest BCUT2D eigenvalue weighted by Crippen LogP contribution is 2.45. The lowest BCUT2D eigenvalue weighted by Crippen LogP contribution is -2.34. The fourth-order valence-corrected chi connectivity index (χ4v) is 3.26. The van der Waals surface area contributed by atoms with E-state index in [1.54, 1.807) is 0 Å². The molecule has 0 radical (unpaired) electrons. The van der Waals surface area contributed by atoms with Crippen LogP contribution in [0.5, 0.6) is 0 Å². The van der Waals surface area contributed by atoms with Crippen LogP contribution in [0.2, 0.25) is 0 Å². The van der Waals surface area contributed by atoms with Gasteiger partial charge in [-0.1, -0.05) is 43.3 Å². The number of hydrogen-bond donors (Lipinski definition) is 1. The van der Waals surface area contributed by atoms with E-state index in [9.17, 15) is 13.9 Å². The molecular formula is C18H18F2O. The number of aryl methyl sites for hydroxylation is 1. The van der Waals surface area contributed by atoms with Crippen molar-refractivity contribution in [3.05, 3.63) is 70.3 Å². The summed E-state index contributed by atoms with van der Waals surface area (Å²) in [5, 5.41) is 11.1. The van der Waals surface area contributed by atoms with Crippen molar-refractivity contribution in [1.29, 1.82) is 0 Å². The molecule has 0 spiro atoms. The topological polar surface area (TPSA) is 20.2 Å². The van der Waals surface area contributed by atoms with Gasteiger partial charge in [-0.25, -0.2) is 8.78 Å². The van der Waals surface area contributed by atoms with Crippen LogP contribution in [0.1, 0.15) is 47.9 Å². The molecule has 1 aliphatic carbocycles. The average molecular weight is 288 g/mol. The Balaban J connectivity index is 2.23. The second kappa shape index (κ2) is 4.92. The largest absolute Gasteiger partial charge is 0.380 e. The number of hydrogen-bond acceptors (Lipinski definition) is 1. The average Bonchev–Trinajstić information content (AvgIpc) is 2.49. The molecule has 0 saturated carbocycles. The maximum Gasteiger partial charge on any atom is 0.165 e. The first-order valence-electron chi connectivity index (χ1n) is 7.22.